The molecule has 0 spiro atoms. The molecule has 1 fully saturated rings. The molecule has 1 saturated heterocycles. The van der Waals surface area contributed by atoms with Crippen LogP contribution >= 0.6 is 15.9 Å². The maximum absolute atomic E-state index is 13.2. The Balaban J connectivity index is 1.35. The van der Waals surface area contributed by atoms with E-state index in [-0.39, 0.29) is 11.8 Å². The van der Waals surface area contributed by atoms with Crippen LogP contribution in [0.25, 0.3) is 5.65 Å². The zero-order chi connectivity index (χ0) is 24.4. The number of aromatic nitrogens is 4. The van der Waals surface area contributed by atoms with Crippen molar-refractivity contribution in [2.45, 2.75) is 45.6 Å². The molecule has 0 saturated carbocycles. The first-order chi connectivity index (χ1) is 17.0. The Morgan fingerprint density at radius 3 is 2.83 bits per heavy atom. The highest BCUT2D eigenvalue weighted by molar-refractivity contribution is 9.10. The molecule has 4 heterocycles. The SMILES string of the molecule is Cc1ccc(CC(=O)N2CCCC(c3cc(NCc4cccnc4)n4ncc(Br)c4n3)C2)cc1C. The molecule has 3 aromatic heterocycles. The minimum atomic E-state index is 0.179. The Kier molecular flexibility index (Phi) is 6.81. The van der Waals surface area contributed by atoms with Crippen LogP contribution in [0.15, 0.2) is 59.5 Å². The molecule has 180 valence electrons. The predicted molar refractivity (Wildman–Crippen MR) is 140 cm³/mol. The van der Waals surface area contributed by atoms with E-state index in [0.29, 0.717) is 19.5 Å². The van der Waals surface area contributed by atoms with Crippen molar-refractivity contribution < 1.29 is 4.79 Å². The van der Waals surface area contributed by atoms with Gasteiger partial charge < -0.3 is 10.2 Å². The molecule has 1 unspecified atom stereocenters. The monoisotopic (exact) mass is 532 g/mol. The molecule has 0 aliphatic carbocycles. The summed E-state index contributed by atoms with van der Waals surface area (Å²) in [6.45, 7) is 6.30. The second-order valence-corrected chi connectivity index (χ2v) is 10.1. The second kappa shape index (κ2) is 10.2. The summed E-state index contributed by atoms with van der Waals surface area (Å²) in [5.74, 6) is 1.23. The summed E-state index contributed by atoms with van der Waals surface area (Å²) in [5.41, 5.74) is 6.39. The summed E-state index contributed by atoms with van der Waals surface area (Å²) in [7, 11) is 0. The summed E-state index contributed by atoms with van der Waals surface area (Å²) in [5, 5.41) is 7.98. The Labute approximate surface area is 213 Å². The van der Waals surface area contributed by atoms with Gasteiger partial charge in [0.25, 0.3) is 0 Å². The standard InChI is InChI=1S/C27H29BrN6O/c1-18-7-8-20(11-19(18)2)12-26(35)33-10-4-6-22(17-33)24-13-25(30-15-21-5-3-9-29-14-21)34-27(32-24)23(28)16-31-34/h3,5,7-9,11,13-14,16,22,30H,4,6,10,12,15,17H2,1-2H3. The molecule has 4 aromatic rings. The van der Waals surface area contributed by atoms with E-state index in [9.17, 15) is 4.79 Å². The number of rotatable bonds is 6. The molecule has 1 atom stereocenters. The van der Waals surface area contributed by atoms with E-state index in [4.69, 9.17) is 4.98 Å². The van der Waals surface area contributed by atoms with Gasteiger partial charge in [0, 0.05) is 44.0 Å². The molecule has 0 radical (unpaired) electrons. The van der Waals surface area contributed by atoms with E-state index >= 15 is 0 Å². The van der Waals surface area contributed by atoms with E-state index in [2.05, 4.69) is 69.4 Å². The van der Waals surface area contributed by atoms with Crippen LogP contribution in [0.4, 0.5) is 5.82 Å². The van der Waals surface area contributed by atoms with Crippen LogP contribution in [0.2, 0.25) is 0 Å². The van der Waals surface area contributed by atoms with Gasteiger partial charge in [-0.05, 0) is 70.9 Å². The highest BCUT2D eigenvalue weighted by Gasteiger charge is 2.27. The molecule has 1 aliphatic rings. The number of carbonyl (C=O) groups is 1. The minimum absolute atomic E-state index is 0.179. The van der Waals surface area contributed by atoms with Crippen molar-refractivity contribution in [3.8, 4) is 0 Å². The third-order valence-corrected chi connectivity index (χ3v) is 7.32. The molecular formula is C27H29BrN6O. The number of nitrogens with zero attached hydrogens (tertiary/aromatic N) is 5. The number of aryl methyl sites for hydroxylation is 2. The van der Waals surface area contributed by atoms with Crippen LogP contribution in [-0.2, 0) is 17.8 Å². The van der Waals surface area contributed by atoms with Gasteiger partial charge in [0.05, 0.1) is 22.8 Å². The summed E-state index contributed by atoms with van der Waals surface area (Å²) in [6.07, 6.45) is 7.80. The summed E-state index contributed by atoms with van der Waals surface area (Å²) in [4.78, 5) is 24.3. The lowest BCUT2D eigenvalue weighted by Gasteiger charge is -2.33. The maximum Gasteiger partial charge on any atom is 0.227 e. The Morgan fingerprint density at radius 1 is 1.14 bits per heavy atom. The van der Waals surface area contributed by atoms with Gasteiger partial charge in [-0.3, -0.25) is 9.78 Å². The van der Waals surface area contributed by atoms with Gasteiger partial charge >= 0.3 is 0 Å². The number of carbonyl (C=O) groups excluding carboxylic acids is 1. The normalized spacial score (nSPS) is 16.0. The number of likely N-dealkylation sites (tertiary alicyclic amines) is 1. The number of anilines is 1. The molecule has 1 aliphatic heterocycles. The zero-order valence-electron chi connectivity index (χ0n) is 20.0. The molecule has 0 bridgehead atoms. The van der Waals surface area contributed by atoms with Crippen molar-refractivity contribution in [3.05, 3.63) is 87.4 Å². The highest BCUT2D eigenvalue weighted by Crippen LogP contribution is 2.30. The second-order valence-electron chi connectivity index (χ2n) is 9.28. The quantitative estimate of drug-likeness (QED) is 0.375. The number of hydrogen-bond acceptors (Lipinski definition) is 5. The topological polar surface area (TPSA) is 75.4 Å². The van der Waals surface area contributed by atoms with Crippen LogP contribution in [0.5, 0.6) is 0 Å². The number of fused-ring (bicyclic) bond motifs is 1. The zero-order valence-corrected chi connectivity index (χ0v) is 21.6. The van der Waals surface area contributed by atoms with Gasteiger partial charge in [-0.25, -0.2) is 4.98 Å². The predicted octanol–water partition coefficient (Wildman–Crippen LogP) is 5.06. The van der Waals surface area contributed by atoms with Gasteiger partial charge in [0.15, 0.2) is 5.65 Å². The third kappa shape index (κ3) is 5.22. The lowest BCUT2D eigenvalue weighted by molar-refractivity contribution is -0.131. The van der Waals surface area contributed by atoms with Gasteiger partial charge in [0.1, 0.15) is 5.82 Å². The van der Waals surface area contributed by atoms with Crippen molar-refractivity contribution in [2.75, 3.05) is 18.4 Å². The van der Waals surface area contributed by atoms with E-state index in [1.54, 1.807) is 12.4 Å². The number of hydrogen-bond donors (Lipinski definition) is 1. The number of amides is 1. The van der Waals surface area contributed by atoms with Crippen LogP contribution in [-0.4, -0.2) is 43.5 Å². The van der Waals surface area contributed by atoms with E-state index in [0.717, 1.165) is 52.1 Å². The molecule has 7 nitrogen and oxygen atoms in total. The average Bonchev–Trinajstić information content (AvgIpc) is 3.26. The van der Waals surface area contributed by atoms with Crippen molar-refractivity contribution in [3.63, 3.8) is 0 Å². The maximum atomic E-state index is 13.2. The number of halogens is 1. The third-order valence-electron chi connectivity index (χ3n) is 6.76. The lowest BCUT2D eigenvalue weighted by Crippen LogP contribution is -2.40. The van der Waals surface area contributed by atoms with Crippen molar-refractivity contribution in [2.24, 2.45) is 0 Å². The van der Waals surface area contributed by atoms with Crippen LogP contribution in [0.3, 0.4) is 0 Å². The first kappa shape index (κ1) is 23.5. The summed E-state index contributed by atoms with van der Waals surface area (Å²) >= 11 is 3.59. The van der Waals surface area contributed by atoms with Gasteiger partial charge in [0.2, 0.25) is 5.91 Å². The fourth-order valence-electron chi connectivity index (χ4n) is 4.63. The molecule has 8 heteroatoms. The fourth-order valence-corrected chi connectivity index (χ4v) is 4.98. The lowest BCUT2D eigenvalue weighted by atomic mass is 9.93. The Hall–Kier alpha value is -3.26. The summed E-state index contributed by atoms with van der Waals surface area (Å²) in [6, 6.07) is 12.3. The highest BCUT2D eigenvalue weighted by atomic mass is 79.9. The minimum Gasteiger partial charge on any atom is -0.366 e. The molecule has 1 aromatic carbocycles. The summed E-state index contributed by atoms with van der Waals surface area (Å²) < 4.78 is 2.66. The van der Waals surface area contributed by atoms with Gasteiger partial charge in [-0.15, -0.1) is 0 Å². The van der Waals surface area contributed by atoms with Crippen molar-refractivity contribution in [1.29, 1.82) is 0 Å². The molecule has 5 rings (SSSR count). The molecular weight excluding hydrogens is 504 g/mol. The van der Waals surface area contributed by atoms with E-state index in [1.807, 2.05) is 27.7 Å². The van der Waals surface area contributed by atoms with Crippen LogP contribution < -0.4 is 5.32 Å². The number of piperidine rings is 1. The largest absolute Gasteiger partial charge is 0.366 e. The average molecular weight is 533 g/mol. The van der Waals surface area contributed by atoms with Crippen molar-refractivity contribution >= 4 is 33.3 Å². The molecule has 1 N–H and O–H groups in total. The van der Waals surface area contributed by atoms with E-state index < -0.39 is 0 Å². The number of benzene rings is 1. The smallest absolute Gasteiger partial charge is 0.227 e. The number of pyridine rings is 1. The Morgan fingerprint density at radius 2 is 2.03 bits per heavy atom. The van der Waals surface area contributed by atoms with Gasteiger partial charge in [-0.1, -0.05) is 24.3 Å². The van der Waals surface area contributed by atoms with Crippen LogP contribution in [0, 0.1) is 13.8 Å². The molecule has 1 amide bonds. The first-order valence-corrected chi connectivity index (χ1v) is 12.8. The van der Waals surface area contributed by atoms with Crippen LogP contribution in [0.1, 0.15) is 46.7 Å². The van der Waals surface area contributed by atoms with E-state index in [1.165, 1.54) is 11.1 Å². The fraction of sp³-hybridized carbons (Fsp3) is 0.333. The molecule has 35 heavy (non-hydrogen) atoms. The van der Waals surface area contributed by atoms with Crippen molar-refractivity contribution in [1.82, 2.24) is 24.5 Å². The number of nitrogens with one attached hydrogen (secondary N) is 1. The first-order valence-electron chi connectivity index (χ1n) is 12.0. The van der Waals surface area contributed by atoms with Gasteiger partial charge in [-0.2, -0.15) is 9.61 Å². The Bertz CT molecular complexity index is 1350.